The van der Waals surface area contributed by atoms with Gasteiger partial charge in [0, 0.05) is 32.3 Å². The zero-order chi connectivity index (χ0) is 12.9. The van der Waals surface area contributed by atoms with Crippen LogP contribution >= 0.6 is 0 Å². The largest absolute Gasteiger partial charge is 0.385 e. The zero-order valence-electron chi connectivity index (χ0n) is 11.0. The molecule has 5 nitrogen and oxygen atoms in total. The van der Waals surface area contributed by atoms with Crippen LogP contribution in [0.2, 0.25) is 0 Å². The normalized spacial score (nSPS) is 25.1. The summed E-state index contributed by atoms with van der Waals surface area (Å²) in [5, 5.41) is 3.30. The molecule has 102 valence electrons. The highest BCUT2D eigenvalue weighted by Gasteiger charge is 2.36. The second-order valence-corrected chi connectivity index (χ2v) is 7.09. The third kappa shape index (κ3) is 4.21. The van der Waals surface area contributed by atoms with Crippen molar-refractivity contribution in [3.05, 3.63) is 0 Å². The van der Waals surface area contributed by atoms with E-state index in [1.54, 1.807) is 11.4 Å². The van der Waals surface area contributed by atoms with Crippen molar-refractivity contribution in [2.75, 3.05) is 39.1 Å². The minimum Gasteiger partial charge on any atom is -0.385 e. The average Bonchev–Trinajstić information content (AvgIpc) is 2.21. The van der Waals surface area contributed by atoms with Gasteiger partial charge in [0.05, 0.1) is 5.75 Å². The Balaban J connectivity index is 2.80. The Kier molecular flexibility index (Phi) is 5.37. The van der Waals surface area contributed by atoms with Crippen molar-refractivity contribution in [2.45, 2.75) is 32.2 Å². The molecule has 0 radical (unpaired) electrons. The topological polar surface area (TPSA) is 58.6 Å². The van der Waals surface area contributed by atoms with E-state index in [-0.39, 0.29) is 11.3 Å². The van der Waals surface area contributed by atoms with Crippen LogP contribution in [0.15, 0.2) is 0 Å². The molecule has 1 saturated heterocycles. The van der Waals surface area contributed by atoms with Gasteiger partial charge in [-0.1, -0.05) is 0 Å². The lowest BCUT2D eigenvalue weighted by atomic mass is 10.1. The molecule has 0 amide bonds. The van der Waals surface area contributed by atoms with Crippen LogP contribution < -0.4 is 5.32 Å². The molecule has 1 aliphatic rings. The molecule has 0 aliphatic carbocycles. The number of ether oxygens (including phenoxy) is 1. The summed E-state index contributed by atoms with van der Waals surface area (Å²) in [7, 11) is -1.50. The van der Waals surface area contributed by atoms with E-state index < -0.39 is 10.0 Å². The highest BCUT2D eigenvalue weighted by atomic mass is 32.2. The van der Waals surface area contributed by atoms with E-state index in [2.05, 4.69) is 5.32 Å². The number of nitrogens with one attached hydrogen (secondary N) is 1. The van der Waals surface area contributed by atoms with E-state index in [0.29, 0.717) is 26.1 Å². The van der Waals surface area contributed by atoms with E-state index in [4.69, 9.17) is 4.74 Å². The lowest BCUT2D eigenvalue weighted by Gasteiger charge is -2.39. The molecule has 0 atom stereocenters. The van der Waals surface area contributed by atoms with Gasteiger partial charge in [-0.15, -0.1) is 0 Å². The smallest absolute Gasteiger partial charge is 0.214 e. The van der Waals surface area contributed by atoms with Gasteiger partial charge in [0.1, 0.15) is 0 Å². The molecule has 0 aromatic carbocycles. The van der Waals surface area contributed by atoms with Gasteiger partial charge in [-0.2, -0.15) is 4.31 Å². The monoisotopic (exact) mass is 264 g/mol. The van der Waals surface area contributed by atoms with Gasteiger partial charge < -0.3 is 10.1 Å². The predicted octanol–water partition coefficient (Wildman–Crippen LogP) is 0.427. The van der Waals surface area contributed by atoms with Gasteiger partial charge in [0.15, 0.2) is 0 Å². The second kappa shape index (κ2) is 6.13. The van der Waals surface area contributed by atoms with Gasteiger partial charge in [-0.25, -0.2) is 8.42 Å². The molecule has 1 fully saturated rings. The SMILES string of the molecule is COCCCN1C(C)(C)CNCCCS1(=O)=O. The Morgan fingerprint density at radius 3 is 2.76 bits per heavy atom. The molecule has 6 heteroatoms. The standard InChI is InChI=1S/C11H24N2O3S/c1-11(2)10-12-6-4-9-17(14,15)13(11)7-5-8-16-3/h12H,4-10H2,1-3H3. The summed E-state index contributed by atoms with van der Waals surface area (Å²) in [6.07, 6.45) is 1.42. The van der Waals surface area contributed by atoms with Crippen LogP contribution in [0.5, 0.6) is 0 Å². The maximum Gasteiger partial charge on any atom is 0.214 e. The van der Waals surface area contributed by atoms with Crippen LogP contribution in [-0.2, 0) is 14.8 Å². The van der Waals surface area contributed by atoms with Crippen molar-refractivity contribution in [2.24, 2.45) is 0 Å². The van der Waals surface area contributed by atoms with Gasteiger partial charge in [0.2, 0.25) is 10.0 Å². The van der Waals surface area contributed by atoms with Gasteiger partial charge in [0.25, 0.3) is 0 Å². The van der Waals surface area contributed by atoms with Crippen LogP contribution in [0.25, 0.3) is 0 Å². The highest BCUT2D eigenvalue weighted by molar-refractivity contribution is 7.89. The van der Waals surface area contributed by atoms with E-state index >= 15 is 0 Å². The fraction of sp³-hybridized carbons (Fsp3) is 1.00. The molecular weight excluding hydrogens is 240 g/mol. The van der Waals surface area contributed by atoms with Crippen molar-refractivity contribution in [3.8, 4) is 0 Å². The number of methoxy groups -OCH3 is 1. The zero-order valence-corrected chi connectivity index (χ0v) is 11.8. The fourth-order valence-corrected chi connectivity index (χ4v) is 4.10. The van der Waals surface area contributed by atoms with Crippen molar-refractivity contribution in [1.29, 1.82) is 0 Å². The molecule has 1 heterocycles. The van der Waals surface area contributed by atoms with E-state index in [0.717, 1.165) is 13.0 Å². The molecule has 17 heavy (non-hydrogen) atoms. The molecule has 0 aromatic rings. The van der Waals surface area contributed by atoms with Crippen LogP contribution in [-0.4, -0.2) is 57.4 Å². The van der Waals surface area contributed by atoms with Crippen LogP contribution in [0.1, 0.15) is 26.7 Å². The Labute approximate surface area is 105 Å². The molecule has 1 N–H and O–H groups in total. The molecular formula is C11H24N2O3S. The summed E-state index contributed by atoms with van der Waals surface area (Å²) < 4.78 is 31.1. The van der Waals surface area contributed by atoms with Crippen LogP contribution in [0, 0.1) is 0 Å². The molecule has 0 aromatic heterocycles. The number of hydrogen-bond donors (Lipinski definition) is 1. The summed E-state index contributed by atoms with van der Waals surface area (Å²) in [5.41, 5.74) is -0.368. The van der Waals surface area contributed by atoms with Crippen LogP contribution in [0.3, 0.4) is 0 Å². The van der Waals surface area contributed by atoms with Gasteiger partial charge in [-0.05, 0) is 33.2 Å². The number of sulfonamides is 1. The summed E-state index contributed by atoms with van der Waals surface area (Å²) in [6.45, 7) is 6.53. The molecule has 0 saturated carbocycles. The molecule has 1 aliphatic heterocycles. The first-order valence-electron chi connectivity index (χ1n) is 6.10. The molecule has 0 bridgehead atoms. The molecule has 0 spiro atoms. The second-order valence-electron chi connectivity index (χ2n) is 5.08. The summed E-state index contributed by atoms with van der Waals surface area (Å²) in [5.74, 6) is 0.233. The minimum absolute atomic E-state index is 0.233. The summed E-state index contributed by atoms with van der Waals surface area (Å²) >= 11 is 0. The lowest BCUT2D eigenvalue weighted by Crippen LogP contribution is -2.56. The van der Waals surface area contributed by atoms with Gasteiger partial charge >= 0.3 is 0 Å². The maximum atomic E-state index is 12.2. The fourth-order valence-electron chi connectivity index (χ4n) is 2.14. The third-order valence-electron chi connectivity index (χ3n) is 3.03. The molecule has 0 unspecified atom stereocenters. The summed E-state index contributed by atoms with van der Waals surface area (Å²) in [4.78, 5) is 0. The minimum atomic E-state index is -3.13. The quantitative estimate of drug-likeness (QED) is 0.748. The van der Waals surface area contributed by atoms with E-state index in [9.17, 15) is 8.42 Å². The first-order chi connectivity index (χ1) is 7.90. The highest BCUT2D eigenvalue weighted by Crippen LogP contribution is 2.21. The summed E-state index contributed by atoms with van der Waals surface area (Å²) in [6, 6.07) is 0. The van der Waals surface area contributed by atoms with E-state index in [1.807, 2.05) is 13.8 Å². The average molecular weight is 264 g/mol. The lowest BCUT2D eigenvalue weighted by molar-refractivity contribution is 0.162. The first kappa shape index (κ1) is 14.9. The van der Waals surface area contributed by atoms with Gasteiger partial charge in [-0.3, -0.25) is 0 Å². The Hall–Kier alpha value is -0.170. The van der Waals surface area contributed by atoms with Crippen molar-refractivity contribution >= 4 is 10.0 Å². The van der Waals surface area contributed by atoms with Crippen molar-refractivity contribution in [1.82, 2.24) is 9.62 Å². The van der Waals surface area contributed by atoms with E-state index in [1.165, 1.54) is 0 Å². The Morgan fingerprint density at radius 1 is 1.41 bits per heavy atom. The number of hydrogen-bond acceptors (Lipinski definition) is 4. The van der Waals surface area contributed by atoms with Crippen molar-refractivity contribution in [3.63, 3.8) is 0 Å². The Bertz CT molecular complexity index is 328. The molecule has 1 rings (SSSR count). The third-order valence-corrected chi connectivity index (χ3v) is 5.19. The van der Waals surface area contributed by atoms with Crippen LogP contribution in [0.4, 0.5) is 0 Å². The van der Waals surface area contributed by atoms with Crippen molar-refractivity contribution < 1.29 is 13.2 Å². The maximum absolute atomic E-state index is 12.2. The number of rotatable bonds is 4. The predicted molar refractivity (Wildman–Crippen MR) is 68.6 cm³/mol. The number of nitrogens with zero attached hydrogens (tertiary/aromatic N) is 1. The first-order valence-corrected chi connectivity index (χ1v) is 7.71. The Morgan fingerprint density at radius 2 is 2.12 bits per heavy atom.